The maximum atomic E-state index is 12.2. The number of carbonyl (C=O) groups is 1. The van der Waals surface area contributed by atoms with Crippen molar-refractivity contribution in [1.82, 2.24) is 0 Å². The van der Waals surface area contributed by atoms with E-state index in [0.717, 1.165) is 44.9 Å². The van der Waals surface area contributed by atoms with E-state index in [4.69, 9.17) is 4.74 Å². The van der Waals surface area contributed by atoms with Crippen molar-refractivity contribution >= 4 is 5.97 Å². The zero-order valence-electron chi connectivity index (χ0n) is 16.5. The molecule has 0 amide bonds. The summed E-state index contributed by atoms with van der Waals surface area (Å²) in [7, 11) is 0. The van der Waals surface area contributed by atoms with Crippen LogP contribution in [0.2, 0.25) is 0 Å². The largest absolute Gasteiger partial charge is 0.508 e. The van der Waals surface area contributed by atoms with Gasteiger partial charge in [-0.15, -0.1) is 0 Å². The average molecular weight is 373 g/mol. The van der Waals surface area contributed by atoms with Gasteiger partial charge in [-0.3, -0.25) is 4.79 Å². The average Bonchev–Trinajstić information content (AvgIpc) is 2.90. The van der Waals surface area contributed by atoms with Crippen LogP contribution in [0.5, 0.6) is 5.75 Å². The third-order valence-electron chi connectivity index (χ3n) is 7.64. The highest BCUT2D eigenvalue weighted by molar-refractivity contribution is 5.69. The molecule has 0 bridgehead atoms. The number of hydrogen-bond acceptors (Lipinski definition) is 4. The van der Waals surface area contributed by atoms with E-state index in [1.807, 2.05) is 6.07 Å². The van der Waals surface area contributed by atoms with Crippen LogP contribution in [0, 0.1) is 17.3 Å². The first-order chi connectivity index (χ1) is 12.9. The van der Waals surface area contributed by atoms with Gasteiger partial charge < -0.3 is 14.9 Å². The van der Waals surface area contributed by atoms with Crippen LogP contribution in [0.1, 0.15) is 75.8 Å². The number of carbonyl (C=O) groups excluding carboxylic acids is 1. The van der Waals surface area contributed by atoms with Gasteiger partial charge in [0.05, 0.1) is 6.10 Å². The molecule has 4 nitrogen and oxygen atoms in total. The minimum Gasteiger partial charge on any atom is -0.508 e. The first-order valence-corrected chi connectivity index (χ1v) is 10.6. The highest BCUT2D eigenvalue weighted by atomic mass is 16.6. The van der Waals surface area contributed by atoms with Crippen LogP contribution in [0.25, 0.3) is 0 Å². The molecule has 1 aromatic carbocycles. The molecule has 148 valence electrons. The van der Waals surface area contributed by atoms with Gasteiger partial charge in [-0.05, 0) is 79.5 Å². The molecule has 0 aromatic heterocycles. The number of aryl methyl sites for hydroxylation is 1. The van der Waals surface area contributed by atoms with Gasteiger partial charge in [0.2, 0.25) is 0 Å². The van der Waals surface area contributed by atoms with Crippen molar-refractivity contribution in [3.63, 3.8) is 0 Å². The fraction of sp³-hybridized carbons (Fsp3) is 0.696. The molecule has 0 spiro atoms. The van der Waals surface area contributed by atoms with Crippen LogP contribution in [-0.4, -0.2) is 28.4 Å². The Labute approximate surface area is 161 Å². The van der Waals surface area contributed by atoms with E-state index in [2.05, 4.69) is 19.9 Å². The van der Waals surface area contributed by atoms with Crippen molar-refractivity contribution in [2.24, 2.45) is 17.3 Å². The lowest BCUT2D eigenvalue weighted by atomic mass is 9.55. The number of aromatic hydroxyl groups is 1. The summed E-state index contributed by atoms with van der Waals surface area (Å²) >= 11 is 0. The number of aliphatic hydroxyl groups excluding tert-OH is 1. The van der Waals surface area contributed by atoms with Crippen LogP contribution < -0.4 is 0 Å². The summed E-state index contributed by atoms with van der Waals surface area (Å²) in [6.07, 6.45) is 6.18. The van der Waals surface area contributed by atoms with E-state index in [9.17, 15) is 15.0 Å². The SMILES string of the molecule is CCCCC(=O)O[C@H]1[C@H](O)C[C@H]2[C@@H]3CCc4cc(O)ccc4[C@H]3CC[C@@]21C. The van der Waals surface area contributed by atoms with E-state index < -0.39 is 6.10 Å². The zero-order valence-corrected chi connectivity index (χ0v) is 16.5. The third-order valence-corrected chi connectivity index (χ3v) is 7.64. The zero-order chi connectivity index (χ0) is 19.2. The van der Waals surface area contributed by atoms with E-state index in [0.29, 0.717) is 29.9 Å². The van der Waals surface area contributed by atoms with Crippen LogP contribution in [0.15, 0.2) is 18.2 Å². The molecule has 3 aliphatic carbocycles. The quantitative estimate of drug-likeness (QED) is 0.773. The molecule has 0 heterocycles. The molecule has 3 aliphatic rings. The van der Waals surface area contributed by atoms with Crippen molar-refractivity contribution in [3.05, 3.63) is 29.3 Å². The number of fused-ring (bicyclic) bond motifs is 5. The summed E-state index contributed by atoms with van der Waals surface area (Å²) in [6.45, 7) is 4.30. The minimum absolute atomic E-state index is 0.128. The molecule has 2 fully saturated rings. The number of unbranched alkanes of at least 4 members (excludes halogenated alkanes) is 1. The lowest BCUT2D eigenvalue weighted by Crippen LogP contribution is -2.46. The second kappa shape index (κ2) is 7.12. The number of esters is 1. The number of rotatable bonds is 4. The lowest BCUT2D eigenvalue weighted by molar-refractivity contribution is -0.164. The van der Waals surface area contributed by atoms with Gasteiger partial charge in [-0.25, -0.2) is 0 Å². The third kappa shape index (κ3) is 3.16. The normalized spacial score (nSPS) is 37.2. The summed E-state index contributed by atoms with van der Waals surface area (Å²) in [6, 6.07) is 5.82. The molecule has 1 aromatic rings. The van der Waals surface area contributed by atoms with Crippen molar-refractivity contribution in [3.8, 4) is 5.75 Å². The van der Waals surface area contributed by atoms with Gasteiger partial charge in [-0.1, -0.05) is 26.3 Å². The Balaban J connectivity index is 1.55. The number of hydrogen-bond donors (Lipinski definition) is 2. The minimum atomic E-state index is -0.550. The number of ether oxygens (including phenoxy) is 1. The molecule has 4 rings (SSSR count). The Morgan fingerprint density at radius 2 is 2.15 bits per heavy atom. The van der Waals surface area contributed by atoms with Crippen molar-refractivity contribution in [2.75, 3.05) is 0 Å². The molecule has 6 atom stereocenters. The van der Waals surface area contributed by atoms with Crippen LogP contribution in [-0.2, 0) is 16.0 Å². The summed E-state index contributed by atoms with van der Waals surface area (Å²) in [4.78, 5) is 12.2. The maximum Gasteiger partial charge on any atom is 0.306 e. The molecule has 0 radical (unpaired) electrons. The predicted molar refractivity (Wildman–Crippen MR) is 104 cm³/mol. The molecule has 0 saturated heterocycles. The summed E-state index contributed by atoms with van der Waals surface area (Å²) < 4.78 is 5.84. The standard InChI is InChI=1S/C23H32O4/c1-3-4-5-21(26)27-22-20(25)13-19-18-8-6-14-12-15(24)7-9-16(14)17(18)10-11-23(19,22)2/h7,9,12,17-20,22,24-25H,3-6,8,10-11,13H2,1-2H3/t17-,18-,19+,20-,22+,23+/m1/s1. The second-order valence-corrected chi connectivity index (χ2v) is 9.16. The maximum absolute atomic E-state index is 12.2. The van der Waals surface area contributed by atoms with Gasteiger partial charge in [0.25, 0.3) is 0 Å². The molecule has 2 N–H and O–H groups in total. The predicted octanol–water partition coefficient (Wildman–Crippen LogP) is 4.32. The van der Waals surface area contributed by atoms with Crippen LogP contribution in [0.3, 0.4) is 0 Å². The van der Waals surface area contributed by atoms with Gasteiger partial charge in [0.1, 0.15) is 11.9 Å². The number of phenolic OH excluding ortho intramolecular Hbond substituents is 1. The van der Waals surface area contributed by atoms with Gasteiger partial charge in [0, 0.05) is 11.8 Å². The molecule has 2 saturated carbocycles. The number of benzene rings is 1. The van der Waals surface area contributed by atoms with Crippen molar-refractivity contribution < 1.29 is 19.7 Å². The first kappa shape index (κ1) is 18.8. The molecule has 4 heteroatoms. The van der Waals surface area contributed by atoms with Gasteiger partial charge in [-0.2, -0.15) is 0 Å². The summed E-state index contributed by atoms with van der Waals surface area (Å²) in [5, 5.41) is 20.6. The Kier molecular flexibility index (Phi) is 4.96. The van der Waals surface area contributed by atoms with Crippen molar-refractivity contribution in [2.45, 2.75) is 83.3 Å². The lowest BCUT2D eigenvalue weighted by Gasteiger charge is -2.50. The number of aliphatic hydroxyl groups is 1. The monoisotopic (exact) mass is 372 g/mol. The van der Waals surface area contributed by atoms with Crippen molar-refractivity contribution in [1.29, 1.82) is 0 Å². The highest BCUT2D eigenvalue weighted by Crippen LogP contribution is 2.61. The Morgan fingerprint density at radius 3 is 2.93 bits per heavy atom. The number of phenols is 1. The summed E-state index contributed by atoms with van der Waals surface area (Å²) in [5.41, 5.74) is 2.53. The van der Waals surface area contributed by atoms with E-state index >= 15 is 0 Å². The van der Waals surface area contributed by atoms with E-state index in [-0.39, 0.29) is 17.5 Å². The second-order valence-electron chi connectivity index (χ2n) is 9.16. The topological polar surface area (TPSA) is 66.8 Å². The fourth-order valence-electron chi connectivity index (χ4n) is 6.27. The molecular weight excluding hydrogens is 340 g/mol. The fourth-order valence-corrected chi connectivity index (χ4v) is 6.27. The molecular formula is C23H32O4. The first-order valence-electron chi connectivity index (χ1n) is 10.6. The molecule has 27 heavy (non-hydrogen) atoms. The van der Waals surface area contributed by atoms with Gasteiger partial charge in [0.15, 0.2) is 0 Å². The van der Waals surface area contributed by atoms with Crippen LogP contribution >= 0.6 is 0 Å². The smallest absolute Gasteiger partial charge is 0.306 e. The van der Waals surface area contributed by atoms with Gasteiger partial charge >= 0.3 is 5.97 Å². The van der Waals surface area contributed by atoms with Crippen LogP contribution in [0.4, 0.5) is 0 Å². The summed E-state index contributed by atoms with van der Waals surface area (Å²) in [5.74, 6) is 1.60. The Hall–Kier alpha value is -1.55. The van der Waals surface area contributed by atoms with E-state index in [1.54, 1.807) is 6.07 Å². The molecule has 0 aliphatic heterocycles. The highest BCUT2D eigenvalue weighted by Gasteiger charge is 2.59. The molecule has 0 unspecified atom stereocenters. The Bertz CT molecular complexity index is 714. The van der Waals surface area contributed by atoms with E-state index in [1.165, 1.54) is 11.1 Å². The Morgan fingerprint density at radius 1 is 1.33 bits per heavy atom.